The standard InChI is InChI=1S/C5H8F3/c1-2-3-4(6)5(7)8/h4-5H,1-3H2/t4-/m0/s1. The van der Waals surface area contributed by atoms with E-state index in [0.717, 1.165) is 0 Å². The zero-order chi connectivity index (χ0) is 6.57. The number of hydrogen-bond acceptors (Lipinski definition) is 0. The summed E-state index contributed by atoms with van der Waals surface area (Å²) < 4.78 is 34.2. The van der Waals surface area contributed by atoms with Crippen molar-refractivity contribution in [1.29, 1.82) is 0 Å². The topological polar surface area (TPSA) is 0 Å². The average Bonchev–Trinajstić information content (AvgIpc) is 1.67. The summed E-state index contributed by atoms with van der Waals surface area (Å²) in [6, 6.07) is 0. The minimum absolute atomic E-state index is 0.141. The third kappa shape index (κ3) is 2.88. The van der Waals surface area contributed by atoms with Gasteiger partial charge < -0.3 is 0 Å². The van der Waals surface area contributed by atoms with E-state index in [1.807, 2.05) is 0 Å². The quantitative estimate of drug-likeness (QED) is 0.542. The molecule has 0 nitrogen and oxygen atoms in total. The first-order valence-electron chi connectivity index (χ1n) is 2.40. The zero-order valence-electron chi connectivity index (χ0n) is 4.41. The Bertz CT molecular complexity index is 53.6. The second-order valence-corrected chi connectivity index (χ2v) is 1.49. The van der Waals surface area contributed by atoms with Crippen molar-refractivity contribution in [1.82, 2.24) is 0 Å². The Morgan fingerprint density at radius 3 is 1.88 bits per heavy atom. The Kier molecular flexibility index (Phi) is 3.65. The van der Waals surface area contributed by atoms with Crippen molar-refractivity contribution in [2.75, 3.05) is 0 Å². The van der Waals surface area contributed by atoms with Crippen molar-refractivity contribution < 1.29 is 13.2 Å². The van der Waals surface area contributed by atoms with Crippen LogP contribution in [-0.4, -0.2) is 12.6 Å². The Balaban J connectivity index is 3.17. The summed E-state index contributed by atoms with van der Waals surface area (Å²) in [7, 11) is 0. The molecule has 0 unspecified atom stereocenters. The van der Waals surface area contributed by atoms with Crippen LogP contribution in [-0.2, 0) is 0 Å². The molecule has 49 valence electrons. The fourth-order valence-electron chi connectivity index (χ4n) is 0.321. The van der Waals surface area contributed by atoms with Crippen molar-refractivity contribution in [2.24, 2.45) is 0 Å². The molecule has 1 atom stereocenters. The lowest BCUT2D eigenvalue weighted by atomic mass is 10.2. The second kappa shape index (κ2) is 3.75. The van der Waals surface area contributed by atoms with Gasteiger partial charge in [0, 0.05) is 0 Å². The van der Waals surface area contributed by atoms with Crippen LogP contribution in [0.15, 0.2) is 0 Å². The van der Waals surface area contributed by atoms with Crippen molar-refractivity contribution in [2.45, 2.75) is 25.4 Å². The molecule has 0 aliphatic heterocycles. The molecular weight excluding hydrogens is 117 g/mol. The maximum Gasteiger partial charge on any atom is 0.269 e. The minimum Gasteiger partial charge on any atom is -0.241 e. The van der Waals surface area contributed by atoms with Gasteiger partial charge in [0.05, 0.1) is 0 Å². The predicted molar refractivity (Wildman–Crippen MR) is 25.5 cm³/mol. The van der Waals surface area contributed by atoms with Gasteiger partial charge in [-0.3, -0.25) is 0 Å². The van der Waals surface area contributed by atoms with Crippen molar-refractivity contribution in [3.63, 3.8) is 0 Å². The lowest BCUT2D eigenvalue weighted by Crippen LogP contribution is -2.10. The molecule has 0 fully saturated rings. The van der Waals surface area contributed by atoms with Crippen LogP contribution in [0.2, 0.25) is 0 Å². The van der Waals surface area contributed by atoms with Gasteiger partial charge in [-0.1, -0.05) is 13.3 Å². The van der Waals surface area contributed by atoms with E-state index in [-0.39, 0.29) is 12.8 Å². The third-order valence-corrected chi connectivity index (χ3v) is 0.753. The van der Waals surface area contributed by atoms with Gasteiger partial charge in [-0.05, 0) is 6.42 Å². The first-order valence-corrected chi connectivity index (χ1v) is 2.40. The average molecular weight is 125 g/mol. The molecule has 0 bridgehead atoms. The number of rotatable bonds is 3. The summed E-state index contributed by atoms with van der Waals surface area (Å²) in [6.45, 7) is 3.23. The third-order valence-electron chi connectivity index (χ3n) is 0.753. The van der Waals surface area contributed by atoms with Crippen molar-refractivity contribution in [3.05, 3.63) is 6.92 Å². The largest absolute Gasteiger partial charge is 0.269 e. The van der Waals surface area contributed by atoms with Crippen LogP contribution >= 0.6 is 0 Å². The van der Waals surface area contributed by atoms with E-state index in [9.17, 15) is 13.2 Å². The van der Waals surface area contributed by atoms with Crippen LogP contribution in [0.5, 0.6) is 0 Å². The fraction of sp³-hybridized carbons (Fsp3) is 0.800. The molecule has 0 saturated heterocycles. The van der Waals surface area contributed by atoms with Gasteiger partial charge in [-0.15, -0.1) is 0 Å². The van der Waals surface area contributed by atoms with Crippen LogP contribution < -0.4 is 0 Å². The van der Waals surface area contributed by atoms with Crippen molar-refractivity contribution in [3.8, 4) is 0 Å². The minimum atomic E-state index is -2.84. The monoisotopic (exact) mass is 125 g/mol. The number of hydrogen-bond donors (Lipinski definition) is 0. The lowest BCUT2D eigenvalue weighted by molar-refractivity contribution is 0.0459. The van der Waals surface area contributed by atoms with Crippen LogP contribution in [0.3, 0.4) is 0 Å². The van der Waals surface area contributed by atoms with Gasteiger partial charge in [0.1, 0.15) is 0 Å². The van der Waals surface area contributed by atoms with E-state index >= 15 is 0 Å². The molecule has 0 aliphatic rings. The summed E-state index contributed by atoms with van der Waals surface area (Å²) >= 11 is 0. The summed E-state index contributed by atoms with van der Waals surface area (Å²) in [5.41, 5.74) is 0. The maximum absolute atomic E-state index is 11.7. The molecule has 0 aliphatic carbocycles. The molecule has 0 amide bonds. The smallest absolute Gasteiger partial charge is 0.241 e. The molecule has 0 spiro atoms. The van der Waals surface area contributed by atoms with E-state index < -0.39 is 12.6 Å². The fourth-order valence-corrected chi connectivity index (χ4v) is 0.321. The summed E-state index contributed by atoms with van der Waals surface area (Å²) in [6.07, 6.45) is -4.73. The van der Waals surface area contributed by atoms with E-state index in [1.165, 1.54) is 0 Å². The highest BCUT2D eigenvalue weighted by atomic mass is 19.3. The highest BCUT2D eigenvalue weighted by molar-refractivity contribution is 4.58. The zero-order valence-corrected chi connectivity index (χ0v) is 4.41. The molecule has 1 radical (unpaired) electrons. The first kappa shape index (κ1) is 7.79. The molecule has 3 heteroatoms. The van der Waals surface area contributed by atoms with Gasteiger partial charge in [0.2, 0.25) is 0 Å². The van der Waals surface area contributed by atoms with Crippen molar-refractivity contribution >= 4 is 0 Å². The van der Waals surface area contributed by atoms with E-state index in [4.69, 9.17) is 0 Å². The van der Waals surface area contributed by atoms with Crippen LogP contribution in [0.4, 0.5) is 13.2 Å². The first-order chi connectivity index (χ1) is 3.68. The van der Waals surface area contributed by atoms with Crippen LogP contribution in [0.1, 0.15) is 12.8 Å². The molecule has 0 aromatic carbocycles. The Hall–Kier alpha value is -0.210. The summed E-state index contributed by atoms with van der Waals surface area (Å²) in [5, 5.41) is 0. The highest BCUT2D eigenvalue weighted by Gasteiger charge is 2.16. The molecule has 0 aromatic heterocycles. The Morgan fingerprint density at radius 2 is 1.75 bits per heavy atom. The van der Waals surface area contributed by atoms with E-state index in [0.29, 0.717) is 0 Å². The van der Waals surface area contributed by atoms with Gasteiger partial charge in [0.25, 0.3) is 6.43 Å². The molecular formula is C5H8F3. The number of alkyl halides is 3. The lowest BCUT2D eigenvalue weighted by Gasteiger charge is -2.01. The molecule has 8 heavy (non-hydrogen) atoms. The molecule has 0 heterocycles. The van der Waals surface area contributed by atoms with E-state index in [1.54, 1.807) is 0 Å². The van der Waals surface area contributed by atoms with Gasteiger partial charge in [0.15, 0.2) is 6.17 Å². The normalized spacial score (nSPS) is 14.6. The summed E-state index contributed by atoms with van der Waals surface area (Å²) in [4.78, 5) is 0. The SMILES string of the molecule is [CH2]CC[C@H](F)C(F)F. The van der Waals surface area contributed by atoms with Gasteiger partial charge in [-0.2, -0.15) is 0 Å². The molecule has 0 aromatic rings. The Morgan fingerprint density at radius 1 is 1.25 bits per heavy atom. The van der Waals surface area contributed by atoms with Crippen LogP contribution in [0.25, 0.3) is 0 Å². The predicted octanol–water partition coefficient (Wildman–Crippen LogP) is 2.20. The summed E-state index contributed by atoms with van der Waals surface area (Å²) in [5.74, 6) is 0. The highest BCUT2D eigenvalue weighted by Crippen LogP contribution is 2.10. The van der Waals surface area contributed by atoms with Gasteiger partial charge >= 0.3 is 0 Å². The molecule has 0 N–H and O–H groups in total. The van der Waals surface area contributed by atoms with Crippen LogP contribution in [0, 0.1) is 6.92 Å². The number of halogens is 3. The second-order valence-electron chi connectivity index (χ2n) is 1.49. The van der Waals surface area contributed by atoms with Gasteiger partial charge in [-0.25, -0.2) is 13.2 Å². The Labute approximate surface area is 46.7 Å². The molecule has 0 rings (SSSR count). The molecule has 0 saturated carbocycles. The van der Waals surface area contributed by atoms with E-state index in [2.05, 4.69) is 6.92 Å². The maximum atomic E-state index is 11.7.